The highest BCUT2D eigenvalue weighted by Gasteiger charge is 2.31. The second-order valence-corrected chi connectivity index (χ2v) is 41.9. The molecule has 12 heteroatoms. The van der Waals surface area contributed by atoms with Crippen LogP contribution in [-0.4, -0.2) is 26.4 Å². The van der Waals surface area contributed by atoms with Crippen LogP contribution in [0.25, 0.3) is 248 Å². The Kier molecular flexibility index (Phi) is 17.7. The van der Waals surface area contributed by atoms with E-state index in [4.69, 9.17) is 4.42 Å². The van der Waals surface area contributed by atoms with Crippen molar-refractivity contribution in [1.29, 1.82) is 0 Å². The van der Waals surface area contributed by atoms with Gasteiger partial charge in [0, 0.05) is 140 Å². The molecule has 698 valence electrons. The van der Waals surface area contributed by atoms with Crippen molar-refractivity contribution >= 4 is 300 Å². The lowest BCUT2D eigenvalue weighted by Crippen LogP contribution is -2.10. The summed E-state index contributed by atoms with van der Waals surface area (Å²) in [6.07, 6.45) is 0. The second kappa shape index (κ2) is 32.0. The van der Waals surface area contributed by atoms with Gasteiger partial charge >= 0.3 is 0 Å². The Labute approximate surface area is 864 Å². The molecule has 0 saturated heterocycles. The van der Waals surface area contributed by atoms with Gasteiger partial charge in [0.15, 0.2) is 0 Å². The third kappa shape index (κ3) is 12.0. The lowest BCUT2D eigenvalue weighted by molar-refractivity contribution is 0.669. The van der Waals surface area contributed by atoms with Crippen LogP contribution in [0.5, 0.6) is 0 Å². The van der Waals surface area contributed by atoms with Crippen LogP contribution in [0.4, 0.5) is 51.2 Å². The van der Waals surface area contributed by atoms with Crippen molar-refractivity contribution in [2.75, 3.05) is 14.7 Å². The number of imidazole rings is 3. The first-order chi connectivity index (χ1) is 74.4. The molecular formula is C138H83N9OS2. The third-order valence-electron chi connectivity index (χ3n) is 31.8. The van der Waals surface area contributed by atoms with Gasteiger partial charge in [0.2, 0.25) is 0 Å². The summed E-state index contributed by atoms with van der Waals surface area (Å²) in [6, 6.07) is 184. The van der Waals surface area contributed by atoms with E-state index < -0.39 is 0 Å². The summed E-state index contributed by atoms with van der Waals surface area (Å²) in [5, 5.41) is 26.7. The fraction of sp³-hybridized carbons (Fsp3) is 0. The second-order valence-electron chi connectivity index (χ2n) is 39.7. The monoisotopic (exact) mass is 1950 g/mol. The van der Waals surface area contributed by atoms with Crippen molar-refractivity contribution in [3.05, 3.63) is 504 Å². The van der Waals surface area contributed by atoms with Crippen molar-refractivity contribution < 1.29 is 4.42 Å². The standard InChI is InChI=1S/C48H29N3S.C46H27N3S.C44H27N3O/c1-2-12-35-30(10-1)11-9-16-36(35)31-20-22-32(23-21-31)49(33-25-27-46-40(28-33)37-13-5-8-19-45(37)52-46)34-24-26-43-44(29-34)51-42-18-7-4-15-39(42)47-38-14-3-6-17-41(38)50(43)48(47)51;1-2-10-33-28(9-1)17-18-29-25-30(19-22-34(29)33)47(32-20-23-36-35-11-5-8-16-43(35)50-44(36)27-32)31-21-24-41-42(26-31)49-40-15-7-4-13-38(40)45-37-12-3-6-14-39(37)48(41)46(45)49;1-2-11-28(12-3-1)29-21-23-30(24-22-29)45(38-18-10-20-41-43(38)34-15-6-9-19-40(34)48-41)31-25-26-37-39(27-31)47-36-17-8-5-14-33(36)42-32-13-4-7-16-35(32)46(37)44(42)47/h1-29H;1-27H;1-27H. The van der Waals surface area contributed by atoms with Gasteiger partial charge in [-0.1, -0.05) is 315 Å². The van der Waals surface area contributed by atoms with Gasteiger partial charge in [-0.15, -0.1) is 22.7 Å². The number of aromatic nitrogens is 6. The molecule has 10 nitrogen and oxygen atoms in total. The third-order valence-corrected chi connectivity index (χ3v) is 34.1. The van der Waals surface area contributed by atoms with Crippen LogP contribution in [0, 0.1) is 0 Å². The van der Waals surface area contributed by atoms with Crippen molar-refractivity contribution in [3.8, 4) is 22.3 Å². The maximum absolute atomic E-state index is 6.38. The zero-order valence-corrected chi connectivity index (χ0v) is 82.3. The molecule has 0 atom stereocenters. The van der Waals surface area contributed by atoms with E-state index in [0.29, 0.717) is 0 Å². The van der Waals surface area contributed by atoms with Crippen molar-refractivity contribution in [2.45, 2.75) is 0 Å². The van der Waals surface area contributed by atoms with Crippen LogP contribution < -0.4 is 14.7 Å². The Hall–Kier alpha value is -19.5. The Morgan fingerprint density at radius 1 is 0.160 bits per heavy atom. The first kappa shape index (κ1) is 82.9. The summed E-state index contributed by atoms with van der Waals surface area (Å²) in [5.41, 5.74) is 35.0. The number of rotatable bonds is 11. The lowest BCUT2D eigenvalue weighted by Gasteiger charge is -2.26. The minimum atomic E-state index is 0.876. The normalized spacial score (nSPS) is 12.3. The summed E-state index contributed by atoms with van der Waals surface area (Å²) in [6.45, 7) is 0. The number of thiophene rings is 2. The summed E-state index contributed by atoms with van der Waals surface area (Å²) < 4.78 is 26.4. The molecule has 0 aliphatic rings. The number of anilines is 9. The number of hydrogen-bond donors (Lipinski definition) is 0. The van der Waals surface area contributed by atoms with E-state index in [1.54, 1.807) is 0 Å². The van der Waals surface area contributed by atoms with Crippen LogP contribution in [0.1, 0.15) is 0 Å². The Morgan fingerprint density at radius 3 is 1.04 bits per heavy atom. The van der Waals surface area contributed by atoms with Crippen LogP contribution in [0.3, 0.4) is 0 Å². The summed E-state index contributed by atoms with van der Waals surface area (Å²) in [7, 11) is 0. The maximum Gasteiger partial charge on any atom is 0.137 e. The first-order valence-corrected chi connectivity index (χ1v) is 52.9. The van der Waals surface area contributed by atoms with Gasteiger partial charge in [0.25, 0.3) is 0 Å². The molecule has 0 amide bonds. The van der Waals surface area contributed by atoms with Gasteiger partial charge in [-0.25, -0.2) is 0 Å². The van der Waals surface area contributed by atoms with Crippen LogP contribution in [0.2, 0.25) is 0 Å². The van der Waals surface area contributed by atoms with Gasteiger partial charge in [-0.05, 0) is 243 Å². The van der Waals surface area contributed by atoms with E-state index in [1.165, 1.54) is 227 Å². The molecule has 0 N–H and O–H groups in total. The molecule has 12 aromatic heterocycles. The Balaban J connectivity index is 0.0000000975. The number of hydrogen-bond acceptors (Lipinski definition) is 6. The number of furan rings is 1. The molecule has 35 rings (SSSR count). The van der Waals surface area contributed by atoms with Crippen molar-refractivity contribution in [1.82, 2.24) is 26.4 Å². The number of fused-ring (bicyclic) bond motifs is 40. The summed E-state index contributed by atoms with van der Waals surface area (Å²) in [4.78, 5) is 7.25. The molecule has 35 aromatic rings. The number of para-hydroxylation sites is 7. The lowest BCUT2D eigenvalue weighted by atomic mass is 9.98. The molecule has 0 aliphatic heterocycles. The van der Waals surface area contributed by atoms with E-state index in [9.17, 15) is 0 Å². The average molecular weight is 1950 g/mol. The van der Waals surface area contributed by atoms with E-state index in [1.807, 2.05) is 28.7 Å². The molecule has 12 heterocycles. The zero-order valence-electron chi connectivity index (χ0n) is 80.7. The van der Waals surface area contributed by atoms with Crippen LogP contribution in [0.15, 0.2) is 508 Å². The number of nitrogens with zero attached hydrogens (tertiary/aromatic N) is 9. The van der Waals surface area contributed by atoms with Crippen molar-refractivity contribution in [2.24, 2.45) is 0 Å². The molecule has 23 aromatic carbocycles. The van der Waals surface area contributed by atoms with Gasteiger partial charge in [0.05, 0.1) is 77.3 Å². The minimum absolute atomic E-state index is 0.876. The molecule has 0 spiro atoms. The van der Waals surface area contributed by atoms with Gasteiger partial charge < -0.3 is 19.1 Å². The summed E-state index contributed by atoms with van der Waals surface area (Å²) in [5.74, 6) is 0. The largest absolute Gasteiger partial charge is 0.456 e. The summed E-state index contributed by atoms with van der Waals surface area (Å²) >= 11 is 3.73. The van der Waals surface area contributed by atoms with E-state index in [-0.39, 0.29) is 0 Å². The maximum atomic E-state index is 6.38. The minimum Gasteiger partial charge on any atom is -0.456 e. The Bertz CT molecular complexity index is 11800. The predicted octanol–water partition coefficient (Wildman–Crippen LogP) is 39.1. The molecule has 0 aliphatic carbocycles. The molecule has 0 bridgehead atoms. The van der Waals surface area contributed by atoms with E-state index in [0.717, 1.165) is 73.1 Å². The average Bonchev–Trinajstić information content (AvgIpc) is 1.52. The molecular weight excluding hydrogens is 1860 g/mol. The molecule has 0 fully saturated rings. The SMILES string of the molecule is c1ccc(-c2ccc(N(c3ccc4c(c3)n3c5ccccc5c5c6ccccc6n4c53)c3cccc4oc5ccccc5c34)cc2)cc1.c1ccc2c(-c3ccc(N(c4ccc5sc6ccccc6c5c4)c4ccc5c(c4)n4c6ccccc6c6c7ccccc7n5c64)cc3)cccc2c1.c1ccc2c(c1)ccc1cc(N(c3ccc4c(c3)sc3ccccc34)c3ccc4c(c3)n3c5ccccc5c5c6ccccc6n4c53)ccc12. The quantitative estimate of drug-likeness (QED) is 0.121. The highest BCUT2D eigenvalue weighted by atomic mass is 32.1. The van der Waals surface area contributed by atoms with Crippen molar-refractivity contribution in [3.63, 3.8) is 0 Å². The molecule has 150 heavy (non-hydrogen) atoms. The highest BCUT2D eigenvalue weighted by molar-refractivity contribution is 7.26. The zero-order chi connectivity index (χ0) is 97.8. The van der Waals surface area contributed by atoms with Gasteiger partial charge in [-0.2, -0.15) is 0 Å². The molecule has 0 radical (unpaired) electrons. The van der Waals surface area contributed by atoms with E-state index in [2.05, 4.69) is 539 Å². The Morgan fingerprint density at radius 2 is 0.493 bits per heavy atom. The fourth-order valence-corrected chi connectivity index (χ4v) is 27.7. The topological polar surface area (TPSA) is 49.3 Å². The predicted molar refractivity (Wildman–Crippen MR) is 637 cm³/mol. The van der Waals surface area contributed by atoms with Crippen LogP contribution >= 0.6 is 22.7 Å². The van der Waals surface area contributed by atoms with Gasteiger partial charge in [0.1, 0.15) is 28.1 Å². The number of benzene rings is 23. The molecule has 0 unspecified atom stereocenters. The fourth-order valence-electron chi connectivity index (χ4n) is 25.4. The highest BCUT2D eigenvalue weighted by Crippen LogP contribution is 2.53. The molecule has 0 saturated carbocycles. The smallest absolute Gasteiger partial charge is 0.137 e. The first-order valence-electron chi connectivity index (χ1n) is 51.2. The van der Waals surface area contributed by atoms with E-state index >= 15 is 0 Å². The van der Waals surface area contributed by atoms with Gasteiger partial charge in [-0.3, -0.25) is 26.4 Å². The van der Waals surface area contributed by atoms with Crippen LogP contribution in [-0.2, 0) is 0 Å².